The van der Waals surface area contributed by atoms with Crippen molar-refractivity contribution in [2.45, 2.75) is 50.2 Å². The molecule has 0 unspecified atom stereocenters. The molecule has 2 rings (SSSR count). The van der Waals surface area contributed by atoms with Gasteiger partial charge in [-0.15, -0.1) is 0 Å². The lowest BCUT2D eigenvalue weighted by Gasteiger charge is -2.16. The molecule has 0 aromatic carbocycles. The minimum absolute atomic E-state index is 0.0893. The molecule has 0 bridgehead atoms. The number of ketones is 1. The summed E-state index contributed by atoms with van der Waals surface area (Å²) in [4.78, 5) is 23.0. The van der Waals surface area contributed by atoms with Crippen LogP contribution in [-0.2, 0) is 9.59 Å². The number of thioether (sulfide) groups is 1. The Morgan fingerprint density at radius 2 is 2.15 bits per heavy atom. The second-order valence-electron chi connectivity index (χ2n) is 5.92. The van der Waals surface area contributed by atoms with Crippen LogP contribution < -0.4 is 5.32 Å². The van der Waals surface area contributed by atoms with Gasteiger partial charge in [0.1, 0.15) is 5.78 Å². The van der Waals surface area contributed by atoms with Gasteiger partial charge < -0.3 is 10.4 Å². The average molecular weight is 299 g/mol. The van der Waals surface area contributed by atoms with Gasteiger partial charge >= 0.3 is 0 Å². The SMILES string of the molecule is O=C1C[C@H]2CS[C@@H](CCCCC(=O)NCCCO)[C@H]2C1. The third-order valence-electron chi connectivity index (χ3n) is 4.36. The van der Waals surface area contributed by atoms with Gasteiger partial charge in [-0.05, 0) is 36.9 Å². The Bertz CT molecular complexity index is 348. The number of rotatable bonds is 8. The molecule has 20 heavy (non-hydrogen) atoms. The first-order chi connectivity index (χ1) is 9.70. The first kappa shape index (κ1) is 15.8. The summed E-state index contributed by atoms with van der Waals surface area (Å²) in [6.45, 7) is 0.695. The summed E-state index contributed by atoms with van der Waals surface area (Å²) in [5.74, 6) is 2.95. The van der Waals surface area contributed by atoms with Crippen molar-refractivity contribution in [3.8, 4) is 0 Å². The van der Waals surface area contributed by atoms with E-state index in [-0.39, 0.29) is 12.5 Å². The molecule has 2 N–H and O–H groups in total. The number of fused-ring (bicyclic) bond motifs is 1. The van der Waals surface area contributed by atoms with Gasteiger partial charge in [-0.1, -0.05) is 6.42 Å². The Morgan fingerprint density at radius 3 is 2.95 bits per heavy atom. The summed E-state index contributed by atoms with van der Waals surface area (Å²) in [7, 11) is 0. The molecule has 3 atom stereocenters. The smallest absolute Gasteiger partial charge is 0.219 e. The monoisotopic (exact) mass is 299 g/mol. The maximum atomic E-state index is 11.5. The molecule has 4 nitrogen and oxygen atoms in total. The maximum Gasteiger partial charge on any atom is 0.219 e. The molecule has 0 radical (unpaired) electrons. The summed E-state index contributed by atoms with van der Waals surface area (Å²) in [6, 6.07) is 0. The number of carbonyl (C=O) groups excluding carboxylic acids is 2. The van der Waals surface area contributed by atoms with Crippen LogP contribution >= 0.6 is 11.8 Å². The second kappa shape index (κ2) is 8.03. The van der Waals surface area contributed by atoms with Gasteiger partial charge in [0, 0.05) is 37.7 Å². The number of aliphatic hydroxyl groups excluding tert-OH is 1. The highest BCUT2D eigenvalue weighted by molar-refractivity contribution is 8.00. The molecule has 1 saturated carbocycles. The second-order valence-corrected chi connectivity index (χ2v) is 7.19. The van der Waals surface area contributed by atoms with Gasteiger partial charge in [-0.25, -0.2) is 0 Å². The van der Waals surface area contributed by atoms with Crippen molar-refractivity contribution < 1.29 is 14.7 Å². The number of carbonyl (C=O) groups is 2. The first-order valence-corrected chi connectivity index (χ1v) is 8.76. The zero-order valence-electron chi connectivity index (χ0n) is 12.0. The van der Waals surface area contributed by atoms with Gasteiger partial charge in [-0.2, -0.15) is 11.8 Å². The van der Waals surface area contributed by atoms with Gasteiger partial charge in [0.25, 0.3) is 0 Å². The number of amides is 1. The molecule has 114 valence electrons. The van der Waals surface area contributed by atoms with E-state index in [0.29, 0.717) is 42.3 Å². The van der Waals surface area contributed by atoms with Crippen molar-refractivity contribution in [1.29, 1.82) is 0 Å². The Kier molecular flexibility index (Phi) is 6.36. The van der Waals surface area contributed by atoms with Crippen molar-refractivity contribution in [3.63, 3.8) is 0 Å². The summed E-state index contributed by atoms with van der Waals surface area (Å²) in [5.41, 5.74) is 0. The third-order valence-corrected chi connectivity index (χ3v) is 5.99. The van der Waals surface area contributed by atoms with Crippen molar-refractivity contribution in [1.82, 2.24) is 5.32 Å². The van der Waals surface area contributed by atoms with Crippen LogP contribution in [0.5, 0.6) is 0 Å². The minimum atomic E-state index is 0.0893. The number of hydrogen-bond acceptors (Lipinski definition) is 4. The molecule has 2 aliphatic rings. The summed E-state index contributed by atoms with van der Waals surface area (Å²) in [5, 5.41) is 12.1. The third kappa shape index (κ3) is 4.48. The highest BCUT2D eigenvalue weighted by atomic mass is 32.2. The van der Waals surface area contributed by atoms with E-state index in [4.69, 9.17) is 5.11 Å². The van der Waals surface area contributed by atoms with Gasteiger partial charge in [0.2, 0.25) is 5.91 Å². The number of hydrogen-bond donors (Lipinski definition) is 2. The Balaban J connectivity index is 1.55. The number of unbranched alkanes of at least 4 members (excludes halogenated alkanes) is 1. The van der Waals surface area contributed by atoms with Crippen LogP contribution in [0.1, 0.15) is 44.9 Å². The van der Waals surface area contributed by atoms with Crippen molar-refractivity contribution in [2.24, 2.45) is 11.8 Å². The summed E-state index contributed by atoms with van der Waals surface area (Å²) >= 11 is 2.03. The molecule has 1 aliphatic heterocycles. The van der Waals surface area contributed by atoms with Crippen molar-refractivity contribution >= 4 is 23.5 Å². The topological polar surface area (TPSA) is 66.4 Å². The van der Waals surface area contributed by atoms with Crippen LogP contribution in [0.4, 0.5) is 0 Å². The molecule has 1 amide bonds. The van der Waals surface area contributed by atoms with Crippen LogP contribution in [0.15, 0.2) is 0 Å². The summed E-state index contributed by atoms with van der Waals surface area (Å²) < 4.78 is 0. The van der Waals surface area contributed by atoms with E-state index >= 15 is 0 Å². The molecule has 1 heterocycles. The Hall–Kier alpha value is -0.550. The van der Waals surface area contributed by atoms with Crippen LogP contribution in [0, 0.1) is 11.8 Å². The van der Waals surface area contributed by atoms with Crippen molar-refractivity contribution in [2.75, 3.05) is 18.9 Å². The molecular weight excluding hydrogens is 274 g/mol. The fraction of sp³-hybridized carbons (Fsp3) is 0.867. The number of aliphatic hydroxyl groups is 1. The number of Topliss-reactive ketones (excluding diaryl/α,β-unsaturated/α-hetero) is 1. The molecule has 0 aromatic heterocycles. The quantitative estimate of drug-likeness (QED) is 0.670. The fourth-order valence-corrected chi connectivity index (χ4v) is 5.03. The average Bonchev–Trinajstić information content (AvgIpc) is 2.95. The van der Waals surface area contributed by atoms with Crippen LogP contribution in [-0.4, -0.2) is 41.0 Å². The molecule has 2 fully saturated rings. The van der Waals surface area contributed by atoms with E-state index in [2.05, 4.69) is 5.32 Å². The lowest BCUT2D eigenvalue weighted by atomic mass is 9.92. The predicted molar refractivity (Wildman–Crippen MR) is 80.6 cm³/mol. The van der Waals surface area contributed by atoms with Crippen LogP contribution in [0.3, 0.4) is 0 Å². The van der Waals surface area contributed by atoms with E-state index in [1.807, 2.05) is 11.8 Å². The normalized spacial score (nSPS) is 28.6. The zero-order chi connectivity index (χ0) is 14.4. The maximum absolute atomic E-state index is 11.5. The molecule has 5 heteroatoms. The Morgan fingerprint density at radius 1 is 1.30 bits per heavy atom. The van der Waals surface area contributed by atoms with E-state index in [9.17, 15) is 9.59 Å². The predicted octanol–water partition coefficient (Wildman–Crippen LogP) is 1.76. The highest BCUT2D eigenvalue weighted by Gasteiger charge is 2.42. The molecule has 0 aromatic rings. The van der Waals surface area contributed by atoms with Crippen LogP contribution in [0.25, 0.3) is 0 Å². The lowest BCUT2D eigenvalue weighted by molar-refractivity contribution is -0.121. The van der Waals surface area contributed by atoms with Crippen LogP contribution in [0.2, 0.25) is 0 Å². The molecule has 0 spiro atoms. The standard InChI is InChI=1S/C15H25NO3S/c17-7-3-6-16-15(19)5-2-1-4-14-13-9-12(18)8-11(13)10-20-14/h11,13-14,17H,1-10H2,(H,16,19)/t11-,13-,14-/m0/s1. The molecular formula is C15H25NO3S. The largest absolute Gasteiger partial charge is 0.396 e. The van der Waals surface area contributed by atoms with Crippen molar-refractivity contribution in [3.05, 3.63) is 0 Å². The van der Waals surface area contributed by atoms with E-state index in [1.165, 1.54) is 0 Å². The lowest BCUT2D eigenvalue weighted by Crippen LogP contribution is -2.24. The van der Waals surface area contributed by atoms with Gasteiger partial charge in [0.05, 0.1) is 0 Å². The van der Waals surface area contributed by atoms with E-state index in [0.717, 1.165) is 37.9 Å². The molecule has 1 aliphatic carbocycles. The highest BCUT2D eigenvalue weighted by Crippen LogP contribution is 2.47. The minimum Gasteiger partial charge on any atom is -0.396 e. The Labute approximate surface area is 125 Å². The number of nitrogens with one attached hydrogen (secondary N) is 1. The van der Waals surface area contributed by atoms with Gasteiger partial charge in [-0.3, -0.25) is 9.59 Å². The van der Waals surface area contributed by atoms with Gasteiger partial charge in [0.15, 0.2) is 0 Å². The molecule has 1 saturated heterocycles. The van der Waals surface area contributed by atoms with E-state index in [1.54, 1.807) is 0 Å². The first-order valence-electron chi connectivity index (χ1n) is 7.71. The fourth-order valence-electron chi connectivity index (χ4n) is 3.27. The van der Waals surface area contributed by atoms with E-state index < -0.39 is 0 Å². The summed E-state index contributed by atoms with van der Waals surface area (Å²) in [6.07, 6.45) is 5.95. The zero-order valence-corrected chi connectivity index (χ0v) is 12.8.